The molecule has 1 aliphatic heterocycles. The SMILES string of the molecule is C[C@H](C(=O)N1CCc2c(c(C(N)=O)nn2C)C1)n1cc(Cl)cn1. The quantitative estimate of drug-likeness (QED) is 0.883. The molecule has 9 heteroatoms. The van der Waals surface area contributed by atoms with Gasteiger partial charge < -0.3 is 10.6 Å². The zero-order valence-corrected chi connectivity index (χ0v) is 13.6. The molecule has 23 heavy (non-hydrogen) atoms. The number of halogens is 1. The molecule has 0 saturated heterocycles. The molecule has 3 heterocycles. The van der Waals surface area contributed by atoms with Crippen LogP contribution in [-0.2, 0) is 24.8 Å². The van der Waals surface area contributed by atoms with Crippen molar-refractivity contribution in [2.24, 2.45) is 12.8 Å². The minimum Gasteiger partial charge on any atom is -0.364 e. The van der Waals surface area contributed by atoms with Crippen LogP contribution >= 0.6 is 11.6 Å². The number of primary amides is 1. The van der Waals surface area contributed by atoms with Gasteiger partial charge in [-0.15, -0.1) is 0 Å². The Hall–Kier alpha value is -2.35. The van der Waals surface area contributed by atoms with Gasteiger partial charge in [0, 0.05) is 44.0 Å². The summed E-state index contributed by atoms with van der Waals surface area (Å²) in [7, 11) is 1.77. The number of carbonyl (C=O) groups excluding carboxylic acids is 2. The van der Waals surface area contributed by atoms with Crippen LogP contribution < -0.4 is 5.73 Å². The fourth-order valence-electron chi connectivity index (χ4n) is 2.88. The highest BCUT2D eigenvalue weighted by Gasteiger charge is 2.31. The van der Waals surface area contributed by atoms with Gasteiger partial charge in [0.2, 0.25) is 5.91 Å². The Morgan fingerprint density at radius 3 is 2.78 bits per heavy atom. The molecule has 0 aromatic carbocycles. The second kappa shape index (κ2) is 5.69. The molecule has 1 atom stereocenters. The third-order valence-corrected chi connectivity index (χ3v) is 4.31. The Morgan fingerprint density at radius 2 is 2.17 bits per heavy atom. The Kier molecular flexibility index (Phi) is 3.85. The highest BCUT2D eigenvalue weighted by molar-refractivity contribution is 6.30. The van der Waals surface area contributed by atoms with E-state index in [2.05, 4.69) is 10.2 Å². The van der Waals surface area contributed by atoms with Crippen molar-refractivity contribution in [1.29, 1.82) is 0 Å². The van der Waals surface area contributed by atoms with Gasteiger partial charge in [0.15, 0.2) is 5.69 Å². The number of hydrogen-bond acceptors (Lipinski definition) is 4. The molecule has 122 valence electrons. The van der Waals surface area contributed by atoms with Crippen LogP contribution in [0, 0.1) is 0 Å². The fourth-order valence-corrected chi connectivity index (χ4v) is 3.03. The van der Waals surface area contributed by atoms with Crippen molar-refractivity contribution >= 4 is 23.4 Å². The van der Waals surface area contributed by atoms with Crippen LogP contribution in [0.4, 0.5) is 0 Å². The third kappa shape index (κ3) is 2.70. The van der Waals surface area contributed by atoms with Crippen molar-refractivity contribution in [3.05, 3.63) is 34.4 Å². The predicted molar refractivity (Wildman–Crippen MR) is 82.8 cm³/mol. The van der Waals surface area contributed by atoms with Gasteiger partial charge in [0.05, 0.1) is 11.2 Å². The third-order valence-electron chi connectivity index (χ3n) is 4.11. The first-order valence-corrected chi connectivity index (χ1v) is 7.59. The lowest BCUT2D eigenvalue weighted by Gasteiger charge is -2.29. The number of aryl methyl sites for hydroxylation is 1. The summed E-state index contributed by atoms with van der Waals surface area (Å²) in [5.74, 6) is -0.669. The lowest BCUT2D eigenvalue weighted by Crippen LogP contribution is -2.40. The van der Waals surface area contributed by atoms with E-state index in [0.717, 1.165) is 11.3 Å². The fraction of sp³-hybridized carbons (Fsp3) is 0.429. The van der Waals surface area contributed by atoms with Crippen LogP contribution in [0.1, 0.15) is 34.7 Å². The summed E-state index contributed by atoms with van der Waals surface area (Å²) >= 11 is 5.85. The average molecular weight is 337 g/mol. The number of aromatic nitrogens is 4. The Balaban J connectivity index is 1.84. The van der Waals surface area contributed by atoms with Gasteiger partial charge in [-0.2, -0.15) is 10.2 Å². The van der Waals surface area contributed by atoms with E-state index >= 15 is 0 Å². The van der Waals surface area contributed by atoms with Gasteiger partial charge >= 0.3 is 0 Å². The number of fused-ring (bicyclic) bond motifs is 1. The van der Waals surface area contributed by atoms with Gasteiger partial charge in [0.1, 0.15) is 6.04 Å². The maximum absolute atomic E-state index is 12.7. The highest BCUT2D eigenvalue weighted by atomic mass is 35.5. The van der Waals surface area contributed by atoms with E-state index < -0.39 is 11.9 Å². The van der Waals surface area contributed by atoms with Crippen molar-refractivity contribution in [2.45, 2.75) is 25.9 Å². The summed E-state index contributed by atoms with van der Waals surface area (Å²) in [6.07, 6.45) is 3.73. The van der Waals surface area contributed by atoms with E-state index in [0.29, 0.717) is 24.5 Å². The van der Waals surface area contributed by atoms with Gasteiger partial charge in [-0.05, 0) is 6.92 Å². The molecular weight excluding hydrogens is 320 g/mol. The summed E-state index contributed by atoms with van der Waals surface area (Å²) in [5, 5.41) is 8.71. The van der Waals surface area contributed by atoms with E-state index in [1.54, 1.807) is 29.7 Å². The monoisotopic (exact) mass is 336 g/mol. The van der Waals surface area contributed by atoms with Crippen LogP contribution in [0.15, 0.2) is 12.4 Å². The van der Waals surface area contributed by atoms with Crippen molar-refractivity contribution in [3.8, 4) is 0 Å². The number of nitrogens with two attached hydrogens (primary N) is 1. The number of nitrogens with zero attached hydrogens (tertiary/aromatic N) is 5. The second-order valence-corrected chi connectivity index (χ2v) is 6.02. The van der Waals surface area contributed by atoms with Gasteiger partial charge in [-0.3, -0.25) is 19.0 Å². The summed E-state index contributed by atoms with van der Waals surface area (Å²) in [6, 6.07) is -0.474. The van der Waals surface area contributed by atoms with Gasteiger partial charge in [0.25, 0.3) is 5.91 Å². The Labute approximate surface area is 137 Å². The van der Waals surface area contributed by atoms with E-state index in [-0.39, 0.29) is 11.6 Å². The van der Waals surface area contributed by atoms with Crippen LogP contribution in [0.2, 0.25) is 5.02 Å². The molecule has 1 aliphatic rings. The molecule has 0 radical (unpaired) electrons. The summed E-state index contributed by atoms with van der Waals surface area (Å²) in [5.41, 5.74) is 7.28. The van der Waals surface area contributed by atoms with Crippen LogP contribution in [0.3, 0.4) is 0 Å². The minimum absolute atomic E-state index is 0.0882. The number of carbonyl (C=O) groups is 2. The maximum atomic E-state index is 12.7. The first-order valence-electron chi connectivity index (χ1n) is 7.21. The predicted octanol–water partition coefficient (Wildman–Crippen LogP) is 0.515. The molecule has 2 aromatic rings. The van der Waals surface area contributed by atoms with E-state index in [1.165, 1.54) is 10.9 Å². The van der Waals surface area contributed by atoms with Crippen LogP contribution in [0.25, 0.3) is 0 Å². The number of hydrogen-bond donors (Lipinski definition) is 1. The first kappa shape index (κ1) is 15.5. The Bertz CT molecular complexity index is 780. The molecule has 0 spiro atoms. The lowest BCUT2D eigenvalue weighted by atomic mass is 10.0. The molecule has 2 amide bonds. The second-order valence-electron chi connectivity index (χ2n) is 5.59. The molecular formula is C14H17ClN6O2. The molecule has 3 rings (SSSR count). The van der Waals surface area contributed by atoms with E-state index in [4.69, 9.17) is 17.3 Å². The zero-order valence-electron chi connectivity index (χ0n) is 12.9. The lowest BCUT2D eigenvalue weighted by molar-refractivity contribution is -0.135. The number of rotatable bonds is 3. The van der Waals surface area contributed by atoms with Crippen molar-refractivity contribution in [3.63, 3.8) is 0 Å². The van der Waals surface area contributed by atoms with Crippen LogP contribution in [-0.4, -0.2) is 42.8 Å². The molecule has 0 bridgehead atoms. The topological polar surface area (TPSA) is 99.0 Å². The molecule has 2 aromatic heterocycles. The molecule has 0 fully saturated rings. The Morgan fingerprint density at radius 1 is 1.43 bits per heavy atom. The zero-order chi connectivity index (χ0) is 16.7. The molecule has 0 unspecified atom stereocenters. The van der Waals surface area contributed by atoms with Gasteiger partial charge in [-0.25, -0.2) is 0 Å². The van der Waals surface area contributed by atoms with Gasteiger partial charge in [-0.1, -0.05) is 11.6 Å². The van der Waals surface area contributed by atoms with E-state index in [1.807, 2.05) is 0 Å². The van der Waals surface area contributed by atoms with Crippen LogP contribution in [0.5, 0.6) is 0 Å². The van der Waals surface area contributed by atoms with Crippen molar-refractivity contribution < 1.29 is 9.59 Å². The van der Waals surface area contributed by atoms with Crippen molar-refractivity contribution in [2.75, 3.05) is 6.54 Å². The normalized spacial score (nSPS) is 15.3. The minimum atomic E-state index is -0.581. The average Bonchev–Trinajstić information content (AvgIpc) is 3.09. The maximum Gasteiger partial charge on any atom is 0.269 e. The summed E-state index contributed by atoms with van der Waals surface area (Å²) < 4.78 is 3.19. The summed E-state index contributed by atoms with van der Waals surface area (Å²) in [4.78, 5) is 25.9. The number of amides is 2. The standard InChI is InChI=1S/C14H17ClN6O2/c1-8(21-6-9(15)5-17-21)14(23)20-4-3-11-10(7-20)12(13(16)22)18-19(11)2/h5-6,8H,3-4,7H2,1-2H3,(H2,16,22)/t8-/m1/s1. The molecule has 0 aliphatic carbocycles. The van der Waals surface area contributed by atoms with E-state index in [9.17, 15) is 9.59 Å². The first-order chi connectivity index (χ1) is 10.9. The smallest absolute Gasteiger partial charge is 0.269 e. The molecule has 2 N–H and O–H groups in total. The largest absolute Gasteiger partial charge is 0.364 e. The molecule has 0 saturated carbocycles. The van der Waals surface area contributed by atoms with Crippen molar-refractivity contribution in [1.82, 2.24) is 24.5 Å². The highest BCUT2D eigenvalue weighted by Crippen LogP contribution is 2.24. The summed E-state index contributed by atoms with van der Waals surface area (Å²) in [6.45, 7) is 2.64. The molecule has 8 nitrogen and oxygen atoms in total.